The Balaban J connectivity index is 0.00000256. The molecule has 0 spiro atoms. The molecule has 7 heteroatoms. The first-order valence-corrected chi connectivity index (χ1v) is 5.62. The summed E-state index contributed by atoms with van der Waals surface area (Å²) in [6, 6.07) is 1.62. The van der Waals surface area contributed by atoms with Crippen LogP contribution < -0.4 is 56.1 Å². The van der Waals surface area contributed by atoms with Gasteiger partial charge < -0.3 is 17.7 Å². The van der Waals surface area contributed by atoms with E-state index in [1.807, 2.05) is 13.8 Å². The van der Waals surface area contributed by atoms with E-state index in [0.717, 1.165) is 21.2 Å². The molecule has 0 fully saturated rings. The van der Waals surface area contributed by atoms with Crippen LogP contribution in [-0.2, 0) is 0 Å². The molecule has 0 aliphatic heterocycles. The zero-order chi connectivity index (χ0) is 12.5. The molecule has 0 bridgehead atoms. The fraction of sp³-hybridized carbons (Fsp3) is 0.400. The van der Waals surface area contributed by atoms with Crippen LogP contribution in [0.2, 0.25) is 0 Å². The van der Waals surface area contributed by atoms with Crippen LogP contribution in [0.5, 0.6) is 5.75 Å². The number of rotatable bonds is 3. The zero-order valence-corrected chi connectivity index (χ0v) is 15.0. The smallest absolute Gasteiger partial charge is 0.521 e. The molecule has 0 saturated heterocycles. The number of halogens is 4. The largest absolute Gasteiger partial charge is 1.00 e. The Labute approximate surface area is 150 Å². The molecule has 0 saturated carbocycles. The second kappa shape index (κ2) is 6.96. The Morgan fingerprint density at radius 2 is 1.71 bits per heavy atom. The third kappa shape index (κ3) is 5.24. The molecule has 0 aliphatic rings. The molecule has 0 radical (unpaired) electrons. The van der Waals surface area contributed by atoms with Gasteiger partial charge in [-0.1, -0.05) is 15.9 Å². The Morgan fingerprint density at radius 3 is 2.18 bits per heavy atom. The van der Waals surface area contributed by atoms with E-state index >= 15 is 0 Å². The molecule has 90 valence electrons. The summed E-state index contributed by atoms with van der Waals surface area (Å²) in [5, 5.41) is 0. The Kier molecular flexibility index (Phi) is 7.36. The van der Waals surface area contributed by atoms with Crippen molar-refractivity contribution >= 4 is 22.9 Å². The summed E-state index contributed by atoms with van der Waals surface area (Å²) in [6.07, 6.45) is 0. The normalized spacial score (nSPS) is 11.0. The van der Waals surface area contributed by atoms with Crippen LogP contribution in [0.1, 0.15) is 16.7 Å². The van der Waals surface area contributed by atoms with Gasteiger partial charge in [0, 0.05) is 4.47 Å². The van der Waals surface area contributed by atoms with Crippen LogP contribution >= 0.6 is 15.9 Å². The maximum absolute atomic E-state index is 12.1. The Morgan fingerprint density at radius 1 is 1.18 bits per heavy atom. The predicted octanol–water partition coefficient (Wildman–Crippen LogP) is 1.14. The van der Waals surface area contributed by atoms with Gasteiger partial charge in [-0.25, -0.2) is 0 Å². The van der Waals surface area contributed by atoms with Gasteiger partial charge in [-0.2, -0.15) is 0 Å². The van der Waals surface area contributed by atoms with Crippen molar-refractivity contribution < 1.29 is 69.1 Å². The molecule has 0 heterocycles. The van der Waals surface area contributed by atoms with E-state index in [-0.39, 0.29) is 51.4 Å². The molecule has 0 unspecified atom stereocenters. The third-order valence-electron chi connectivity index (χ3n) is 2.38. The van der Waals surface area contributed by atoms with E-state index in [9.17, 15) is 12.9 Å². The predicted molar refractivity (Wildman–Crippen MR) is 62.9 cm³/mol. The minimum atomic E-state index is -4.91. The van der Waals surface area contributed by atoms with Crippen LogP contribution in [0.15, 0.2) is 10.5 Å². The molecule has 1 rings (SSSR count). The van der Waals surface area contributed by atoms with Gasteiger partial charge in [-0.15, -0.1) is 0 Å². The van der Waals surface area contributed by atoms with E-state index in [1.54, 1.807) is 13.0 Å². The van der Waals surface area contributed by atoms with E-state index in [0.29, 0.717) is 5.75 Å². The van der Waals surface area contributed by atoms with Gasteiger partial charge in [0.2, 0.25) is 0 Å². The fourth-order valence-electron chi connectivity index (χ4n) is 1.35. The summed E-state index contributed by atoms with van der Waals surface area (Å²) in [5.74, 6) is 0.303. The van der Waals surface area contributed by atoms with Crippen LogP contribution in [0, 0.1) is 20.8 Å². The van der Waals surface area contributed by atoms with E-state index in [1.165, 1.54) is 0 Å². The molecular formula is C10H12BBrF3KO. The first kappa shape index (κ1) is 18.0. The van der Waals surface area contributed by atoms with Gasteiger partial charge in [0.1, 0.15) is 5.75 Å². The van der Waals surface area contributed by atoms with Crippen molar-refractivity contribution in [2.75, 3.05) is 6.51 Å². The standard InChI is InChI=1S/C10H12BBrF3O.K/c1-6-4-9(16-5-11(13,14)15)7(2)8(3)10(6)12;/h4H,5H2,1-3H3;/q-1;+1. The second-order valence-electron chi connectivity index (χ2n) is 3.78. The van der Waals surface area contributed by atoms with Crippen LogP contribution in [0.25, 0.3) is 0 Å². The van der Waals surface area contributed by atoms with Gasteiger partial charge in [-0.3, -0.25) is 0 Å². The van der Waals surface area contributed by atoms with Gasteiger partial charge in [0.15, 0.2) is 0 Å². The minimum Gasteiger partial charge on any atom is -0.521 e. The third-order valence-corrected chi connectivity index (χ3v) is 3.60. The number of hydrogen-bond donors (Lipinski definition) is 0. The second-order valence-corrected chi connectivity index (χ2v) is 4.57. The number of ether oxygens (including phenoxy) is 1. The quantitative estimate of drug-likeness (QED) is 0.753. The van der Waals surface area contributed by atoms with Crippen molar-refractivity contribution in [3.63, 3.8) is 0 Å². The maximum atomic E-state index is 12.1. The molecule has 0 aliphatic carbocycles. The molecular weight excluding hydrogens is 323 g/mol. The molecule has 0 amide bonds. The van der Waals surface area contributed by atoms with E-state index in [4.69, 9.17) is 4.74 Å². The summed E-state index contributed by atoms with van der Waals surface area (Å²) < 4.78 is 42.0. The minimum absolute atomic E-state index is 0. The summed E-state index contributed by atoms with van der Waals surface area (Å²) in [6.45, 7) is -0.686. The first-order valence-electron chi connectivity index (χ1n) is 4.82. The summed E-state index contributed by atoms with van der Waals surface area (Å²) in [4.78, 5) is 0. The summed E-state index contributed by atoms with van der Waals surface area (Å²) in [7, 11) is 0. The Hall–Kier alpha value is 0.991. The first-order chi connectivity index (χ1) is 7.22. The average Bonchev–Trinajstić information content (AvgIpc) is 2.17. The fourth-order valence-corrected chi connectivity index (χ4v) is 1.76. The maximum Gasteiger partial charge on any atom is 1.00 e. The Bertz CT molecular complexity index is 410. The van der Waals surface area contributed by atoms with Gasteiger partial charge in [0.05, 0.1) is 6.51 Å². The van der Waals surface area contributed by atoms with Gasteiger partial charge >= 0.3 is 58.4 Å². The number of benzene rings is 1. The van der Waals surface area contributed by atoms with Gasteiger partial charge in [0.25, 0.3) is 0 Å². The van der Waals surface area contributed by atoms with Crippen LogP contribution in [0.3, 0.4) is 0 Å². The zero-order valence-electron chi connectivity index (χ0n) is 10.3. The SMILES string of the molecule is Cc1cc(OC[B-](F)(F)F)c(C)c(C)c1Br.[K+]. The van der Waals surface area contributed by atoms with Crippen molar-refractivity contribution in [1.82, 2.24) is 0 Å². The molecule has 1 aromatic rings. The molecule has 0 aromatic heterocycles. The van der Waals surface area contributed by atoms with Crippen molar-refractivity contribution in [2.24, 2.45) is 0 Å². The number of aryl methyl sites for hydroxylation is 1. The summed E-state index contributed by atoms with van der Waals surface area (Å²) >= 11 is 3.38. The topological polar surface area (TPSA) is 9.23 Å². The van der Waals surface area contributed by atoms with Crippen molar-refractivity contribution in [3.8, 4) is 5.75 Å². The molecule has 1 nitrogen and oxygen atoms in total. The van der Waals surface area contributed by atoms with Crippen molar-refractivity contribution in [1.29, 1.82) is 0 Å². The molecule has 0 atom stereocenters. The van der Waals surface area contributed by atoms with E-state index in [2.05, 4.69) is 15.9 Å². The molecule has 1 aromatic carbocycles. The average molecular weight is 335 g/mol. The van der Waals surface area contributed by atoms with Gasteiger partial charge in [-0.05, 0) is 43.5 Å². The van der Waals surface area contributed by atoms with Crippen LogP contribution in [-0.4, -0.2) is 13.5 Å². The van der Waals surface area contributed by atoms with Crippen LogP contribution in [0.4, 0.5) is 12.9 Å². The molecule has 0 N–H and O–H groups in total. The summed E-state index contributed by atoms with van der Waals surface area (Å²) in [5.41, 5.74) is 2.51. The van der Waals surface area contributed by atoms with Crippen molar-refractivity contribution in [2.45, 2.75) is 20.8 Å². The van der Waals surface area contributed by atoms with E-state index < -0.39 is 13.5 Å². The van der Waals surface area contributed by atoms with Crippen molar-refractivity contribution in [3.05, 3.63) is 27.2 Å². The molecule has 17 heavy (non-hydrogen) atoms. The monoisotopic (exact) mass is 334 g/mol. The number of hydrogen-bond acceptors (Lipinski definition) is 1.